The Labute approximate surface area is 343 Å². The minimum absolute atomic E-state index is 0.00282. The molecule has 2 aliphatic heterocycles. The Kier molecular flexibility index (Phi) is 27.9. The van der Waals surface area contributed by atoms with Crippen molar-refractivity contribution in [3.63, 3.8) is 0 Å². The number of esters is 1. The molecule has 55 heavy (non-hydrogen) atoms. The van der Waals surface area contributed by atoms with Crippen LogP contribution in [0, 0.1) is 35.5 Å². The maximum absolute atomic E-state index is 12.4. The maximum atomic E-state index is 12.4. The molecule has 0 aromatic rings. The van der Waals surface area contributed by atoms with Crippen LogP contribution >= 0.6 is 0 Å². The van der Waals surface area contributed by atoms with Gasteiger partial charge in [0.2, 0.25) is 0 Å². The lowest BCUT2D eigenvalue weighted by Crippen LogP contribution is -2.45. The van der Waals surface area contributed by atoms with Crippen molar-refractivity contribution in [2.24, 2.45) is 35.5 Å². The summed E-state index contributed by atoms with van der Waals surface area (Å²) in [5.41, 5.74) is 0. The number of ether oxygens (including phenoxy) is 3. The van der Waals surface area contributed by atoms with Gasteiger partial charge >= 0.3 is 5.97 Å². The molecule has 0 radical (unpaired) electrons. The Bertz CT molecular complexity index is 917. The first-order valence-electron chi connectivity index (χ1n) is 24.3. The molecule has 0 bridgehead atoms. The van der Waals surface area contributed by atoms with Crippen molar-refractivity contribution in [3.05, 3.63) is 0 Å². The Morgan fingerprint density at radius 3 is 1.64 bits per heavy atom. The van der Waals surface area contributed by atoms with E-state index in [1.165, 1.54) is 135 Å². The van der Waals surface area contributed by atoms with Crippen LogP contribution in [-0.4, -0.2) is 80.6 Å². The third-order valence-corrected chi connectivity index (χ3v) is 13.2. The number of hydrogen-bond acceptors (Lipinski definition) is 6. The molecule has 0 aliphatic carbocycles. The Morgan fingerprint density at radius 2 is 1.11 bits per heavy atom. The lowest BCUT2D eigenvalue weighted by molar-refractivity contribution is -0.180. The average Bonchev–Trinajstić information content (AvgIpc) is 3.54. The highest BCUT2D eigenvalue weighted by Gasteiger charge is 2.40. The quantitative estimate of drug-likeness (QED) is 0.0479. The van der Waals surface area contributed by atoms with Gasteiger partial charge in [0.15, 0.2) is 5.79 Å². The molecule has 326 valence electrons. The van der Waals surface area contributed by atoms with Crippen molar-refractivity contribution >= 4 is 5.97 Å². The van der Waals surface area contributed by atoms with E-state index in [4.69, 9.17) is 14.2 Å². The van der Waals surface area contributed by atoms with Crippen LogP contribution < -0.4 is 0 Å². The number of carbonyl (C=O) groups excluding carboxylic acids is 1. The van der Waals surface area contributed by atoms with Crippen molar-refractivity contribution in [2.45, 2.75) is 221 Å². The van der Waals surface area contributed by atoms with E-state index in [-0.39, 0.29) is 17.9 Å². The Morgan fingerprint density at radius 1 is 0.618 bits per heavy atom. The monoisotopic (exact) mass is 777 g/mol. The van der Waals surface area contributed by atoms with Gasteiger partial charge in [0.05, 0.1) is 19.3 Å². The molecule has 0 amide bonds. The summed E-state index contributed by atoms with van der Waals surface area (Å²) in [6.45, 7) is 25.8. The van der Waals surface area contributed by atoms with E-state index in [0.717, 1.165) is 69.4 Å². The van der Waals surface area contributed by atoms with Crippen LogP contribution in [0.3, 0.4) is 0 Å². The van der Waals surface area contributed by atoms with E-state index in [0.29, 0.717) is 30.8 Å². The summed E-state index contributed by atoms with van der Waals surface area (Å²) in [5, 5.41) is 0. The van der Waals surface area contributed by atoms with Gasteiger partial charge in [-0.2, -0.15) is 0 Å². The van der Waals surface area contributed by atoms with Crippen molar-refractivity contribution in [2.75, 3.05) is 53.0 Å². The molecule has 4 atom stereocenters. The van der Waals surface area contributed by atoms with Crippen LogP contribution in [0.1, 0.15) is 209 Å². The number of nitrogens with zero attached hydrogens (tertiary/aromatic N) is 2. The Balaban J connectivity index is 1.63. The zero-order chi connectivity index (χ0) is 40.3. The molecular formula is C49H96N2O4. The van der Waals surface area contributed by atoms with E-state index in [1.54, 1.807) is 0 Å². The van der Waals surface area contributed by atoms with Gasteiger partial charge in [-0.25, -0.2) is 0 Å². The SMILES string of the molecule is CC(C)CCC(CCCCCCCCCCC1(CCCCCCCCCC(=O)OCC(CCC(C)C)C(C)C)OCC(CCN2CCN(C)CC2)O1)C(C)C. The number of hydrogen-bond donors (Lipinski definition) is 0. The largest absolute Gasteiger partial charge is 0.465 e. The fourth-order valence-electron chi connectivity index (χ4n) is 8.74. The zero-order valence-electron chi connectivity index (χ0n) is 38.5. The molecule has 2 aliphatic rings. The molecule has 2 rings (SSSR count). The average molecular weight is 777 g/mol. The van der Waals surface area contributed by atoms with Crippen molar-refractivity contribution in [1.29, 1.82) is 0 Å². The van der Waals surface area contributed by atoms with Crippen molar-refractivity contribution in [3.8, 4) is 0 Å². The summed E-state index contributed by atoms with van der Waals surface area (Å²) in [6.07, 6.45) is 29.7. The Hall–Kier alpha value is -0.690. The molecule has 4 unspecified atom stereocenters. The number of likely N-dealkylation sites (N-methyl/N-ethyl adjacent to an activating group) is 1. The van der Waals surface area contributed by atoms with Crippen LogP contribution in [-0.2, 0) is 19.0 Å². The summed E-state index contributed by atoms with van der Waals surface area (Å²) >= 11 is 0. The standard InChI is InChI=1S/C49H96N2O4/c1-41(2)27-29-45(43(5)6)25-21-17-13-10-11-15-19-23-32-49(54-40-47(55-49)31-34-51-37-35-50(9)36-38-51)33-24-20-16-12-14-18-22-26-48(52)53-39-46(44(7)8)30-28-42(3)4/h41-47H,10-40H2,1-9H3. The molecular weight excluding hydrogens is 681 g/mol. The second-order valence-electron chi connectivity index (χ2n) is 19.9. The summed E-state index contributed by atoms with van der Waals surface area (Å²) in [4.78, 5) is 17.4. The zero-order valence-corrected chi connectivity index (χ0v) is 38.5. The number of piperazine rings is 1. The molecule has 0 N–H and O–H groups in total. The summed E-state index contributed by atoms with van der Waals surface area (Å²) in [7, 11) is 2.23. The third-order valence-electron chi connectivity index (χ3n) is 13.2. The summed E-state index contributed by atoms with van der Waals surface area (Å²) in [5.74, 6) is 3.96. The summed E-state index contributed by atoms with van der Waals surface area (Å²) in [6, 6.07) is 0. The van der Waals surface area contributed by atoms with Crippen LogP contribution in [0.5, 0.6) is 0 Å². The van der Waals surface area contributed by atoms with Crippen LogP contribution in [0.4, 0.5) is 0 Å². The fraction of sp³-hybridized carbons (Fsp3) is 0.980. The predicted octanol–water partition coefficient (Wildman–Crippen LogP) is 13.1. The first-order chi connectivity index (χ1) is 26.4. The maximum Gasteiger partial charge on any atom is 0.305 e. The highest BCUT2D eigenvalue weighted by molar-refractivity contribution is 5.69. The van der Waals surface area contributed by atoms with E-state index >= 15 is 0 Å². The highest BCUT2D eigenvalue weighted by Crippen LogP contribution is 2.36. The number of rotatable bonds is 34. The molecule has 2 heterocycles. The van der Waals surface area contributed by atoms with Gasteiger partial charge in [0.1, 0.15) is 0 Å². The number of unbranched alkanes of at least 4 members (excludes halogenated alkanes) is 13. The van der Waals surface area contributed by atoms with E-state index in [2.05, 4.69) is 72.2 Å². The molecule has 6 heteroatoms. The molecule has 0 aromatic heterocycles. The van der Waals surface area contributed by atoms with Gasteiger partial charge in [0.25, 0.3) is 0 Å². The van der Waals surface area contributed by atoms with Gasteiger partial charge in [-0.15, -0.1) is 0 Å². The molecule has 6 nitrogen and oxygen atoms in total. The van der Waals surface area contributed by atoms with E-state index < -0.39 is 0 Å². The van der Waals surface area contributed by atoms with Crippen molar-refractivity contribution in [1.82, 2.24) is 9.80 Å². The van der Waals surface area contributed by atoms with E-state index in [1.807, 2.05) is 0 Å². The molecule has 2 saturated heterocycles. The van der Waals surface area contributed by atoms with Crippen LogP contribution in [0.2, 0.25) is 0 Å². The lowest BCUT2D eigenvalue weighted by atomic mass is 9.84. The van der Waals surface area contributed by atoms with Crippen molar-refractivity contribution < 1.29 is 19.0 Å². The molecule has 0 aromatic carbocycles. The first-order valence-corrected chi connectivity index (χ1v) is 24.3. The van der Waals surface area contributed by atoms with Gasteiger partial charge in [-0.1, -0.05) is 152 Å². The second kappa shape index (κ2) is 30.4. The fourth-order valence-corrected chi connectivity index (χ4v) is 8.74. The minimum Gasteiger partial charge on any atom is -0.465 e. The van der Waals surface area contributed by atoms with Gasteiger partial charge in [-0.05, 0) is 81.1 Å². The van der Waals surface area contributed by atoms with Gasteiger partial charge in [0, 0.05) is 52.0 Å². The molecule has 0 saturated carbocycles. The number of carbonyl (C=O) groups is 1. The van der Waals surface area contributed by atoms with Crippen LogP contribution in [0.25, 0.3) is 0 Å². The predicted molar refractivity (Wildman–Crippen MR) is 236 cm³/mol. The highest BCUT2D eigenvalue weighted by atomic mass is 16.7. The normalized spacial score (nSPS) is 21.1. The van der Waals surface area contributed by atoms with Gasteiger partial charge < -0.3 is 24.0 Å². The third kappa shape index (κ3) is 24.7. The topological polar surface area (TPSA) is 51.2 Å². The summed E-state index contributed by atoms with van der Waals surface area (Å²) < 4.78 is 19.2. The smallest absolute Gasteiger partial charge is 0.305 e. The first kappa shape index (κ1) is 50.5. The minimum atomic E-state index is -0.362. The second-order valence-corrected chi connectivity index (χ2v) is 19.9. The molecule has 2 fully saturated rings. The van der Waals surface area contributed by atoms with Crippen LogP contribution in [0.15, 0.2) is 0 Å². The lowest BCUT2D eigenvalue weighted by Gasteiger charge is -2.33. The van der Waals surface area contributed by atoms with E-state index in [9.17, 15) is 4.79 Å². The van der Waals surface area contributed by atoms with Gasteiger partial charge in [-0.3, -0.25) is 4.79 Å². The molecule has 0 spiro atoms.